The zero-order chi connectivity index (χ0) is 21.1. The zero-order valence-electron chi connectivity index (χ0n) is 15.9. The second-order valence-electron chi connectivity index (χ2n) is 6.50. The predicted molar refractivity (Wildman–Crippen MR) is 112 cm³/mol. The molecule has 0 aliphatic carbocycles. The quantitative estimate of drug-likeness (QED) is 0.459. The monoisotopic (exact) mass is 405 g/mol. The Hall–Kier alpha value is -4.00. The fourth-order valence-electron chi connectivity index (χ4n) is 3.06. The van der Waals surface area contributed by atoms with E-state index in [1.54, 1.807) is 19.2 Å². The second-order valence-corrected chi connectivity index (χ2v) is 6.50. The molecule has 1 amide bonds. The second kappa shape index (κ2) is 8.16. The standard InChI is InChI=1S/C23H17F2N3O2/c1-30-16-9-7-15(8-10-16)27-22-18-5-3-2-4-17(18)19(13-26-22)23(29)28-21-11-6-14(24)12-20(21)25/h2-13H,1H3,(H,26,27)(H,28,29). The van der Waals surface area contributed by atoms with Gasteiger partial charge in [-0.05, 0) is 41.8 Å². The minimum atomic E-state index is -0.849. The van der Waals surface area contributed by atoms with Crippen LogP contribution in [0.2, 0.25) is 0 Å². The van der Waals surface area contributed by atoms with Gasteiger partial charge in [0.2, 0.25) is 0 Å². The van der Waals surface area contributed by atoms with Crippen molar-refractivity contribution >= 4 is 33.9 Å². The smallest absolute Gasteiger partial charge is 0.257 e. The van der Waals surface area contributed by atoms with E-state index in [2.05, 4.69) is 15.6 Å². The van der Waals surface area contributed by atoms with Crippen molar-refractivity contribution in [3.63, 3.8) is 0 Å². The van der Waals surface area contributed by atoms with Gasteiger partial charge < -0.3 is 15.4 Å². The number of carbonyl (C=O) groups excluding carboxylic acids is 1. The molecule has 0 aliphatic heterocycles. The molecule has 4 aromatic rings. The Morgan fingerprint density at radius 3 is 2.40 bits per heavy atom. The first kappa shape index (κ1) is 19.3. The van der Waals surface area contributed by atoms with E-state index in [4.69, 9.17) is 4.74 Å². The third-order valence-electron chi connectivity index (χ3n) is 4.57. The van der Waals surface area contributed by atoms with Gasteiger partial charge in [-0.3, -0.25) is 4.79 Å². The van der Waals surface area contributed by atoms with Crippen molar-refractivity contribution in [3.05, 3.63) is 90.1 Å². The highest BCUT2D eigenvalue weighted by atomic mass is 19.1. The number of benzene rings is 3. The Balaban J connectivity index is 1.66. The topological polar surface area (TPSA) is 63.2 Å². The molecule has 0 atom stereocenters. The summed E-state index contributed by atoms with van der Waals surface area (Å²) in [5, 5.41) is 7.07. The third kappa shape index (κ3) is 3.91. The average Bonchev–Trinajstić information content (AvgIpc) is 2.76. The van der Waals surface area contributed by atoms with E-state index in [0.29, 0.717) is 17.3 Å². The number of nitrogens with one attached hydrogen (secondary N) is 2. The maximum Gasteiger partial charge on any atom is 0.257 e. The van der Waals surface area contributed by atoms with Gasteiger partial charge >= 0.3 is 0 Å². The molecule has 0 unspecified atom stereocenters. The third-order valence-corrected chi connectivity index (χ3v) is 4.57. The van der Waals surface area contributed by atoms with E-state index in [9.17, 15) is 13.6 Å². The molecular weight excluding hydrogens is 388 g/mol. The molecule has 30 heavy (non-hydrogen) atoms. The summed E-state index contributed by atoms with van der Waals surface area (Å²) in [5.41, 5.74) is 0.972. The molecule has 4 rings (SSSR count). The summed E-state index contributed by atoms with van der Waals surface area (Å²) in [4.78, 5) is 17.1. The van der Waals surface area contributed by atoms with Crippen LogP contribution in [0.5, 0.6) is 5.75 Å². The van der Waals surface area contributed by atoms with Crippen LogP contribution < -0.4 is 15.4 Å². The number of pyridine rings is 1. The number of methoxy groups -OCH3 is 1. The van der Waals surface area contributed by atoms with Crippen molar-refractivity contribution in [2.75, 3.05) is 17.7 Å². The van der Waals surface area contributed by atoms with Crippen molar-refractivity contribution in [3.8, 4) is 5.75 Å². The van der Waals surface area contributed by atoms with Crippen LogP contribution in [0, 0.1) is 11.6 Å². The Labute approximate surface area is 171 Å². The molecule has 7 heteroatoms. The number of rotatable bonds is 5. The first-order valence-corrected chi connectivity index (χ1v) is 9.10. The van der Waals surface area contributed by atoms with Crippen LogP contribution >= 0.6 is 0 Å². The maximum atomic E-state index is 13.9. The molecule has 1 aromatic heterocycles. The van der Waals surface area contributed by atoms with Gasteiger partial charge in [0.15, 0.2) is 0 Å². The summed E-state index contributed by atoms with van der Waals surface area (Å²) in [5.74, 6) is -0.802. The summed E-state index contributed by atoms with van der Waals surface area (Å²) in [6.45, 7) is 0. The minimum Gasteiger partial charge on any atom is -0.497 e. The van der Waals surface area contributed by atoms with Gasteiger partial charge in [0, 0.05) is 23.3 Å². The SMILES string of the molecule is COc1ccc(Nc2ncc(C(=O)Nc3ccc(F)cc3F)c3ccccc23)cc1. The van der Waals surface area contributed by atoms with E-state index in [1.807, 2.05) is 36.4 Å². The molecule has 0 bridgehead atoms. The lowest BCUT2D eigenvalue weighted by atomic mass is 10.1. The van der Waals surface area contributed by atoms with Crippen LogP contribution in [0.1, 0.15) is 10.4 Å². The number of carbonyl (C=O) groups is 1. The summed E-state index contributed by atoms with van der Waals surface area (Å²) in [6, 6.07) is 17.6. The van der Waals surface area contributed by atoms with E-state index in [-0.39, 0.29) is 11.3 Å². The average molecular weight is 405 g/mol. The lowest BCUT2D eigenvalue weighted by Gasteiger charge is -2.13. The number of hydrogen-bond donors (Lipinski definition) is 2. The van der Waals surface area contributed by atoms with E-state index >= 15 is 0 Å². The van der Waals surface area contributed by atoms with E-state index in [1.165, 1.54) is 12.3 Å². The van der Waals surface area contributed by atoms with Crippen molar-refractivity contribution in [1.29, 1.82) is 0 Å². The molecule has 2 N–H and O–H groups in total. The normalized spacial score (nSPS) is 10.6. The van der Waals surface area contributed by atoms with Crippen LogP contribution in [0.15, 0.2) is 72.9 Å². The first-order chi connectivity index (χ1) is 14.5. The molecule has 0 fully saturated rings. The van der Waals surface area contributed by atoms with Crippen LogP contribution in [-0.2, 0) is 0 Å². The largest absolute Gasteiger partial charge is 0.497 e. The van der Waals surface area contributed by atoms with Gasteiger partial charge in [-0.1, -0.05) is 24.3 Å². The number of ether oxygens (including phenoxy) is 1. The first-order valence-electron chi connectivity index (χ1n) is 9.10. The summed E-state index contributed by atoms with van der Waals surface area (Å²) < 4.78 is 32.2. The molecule has 3 aromatic carbocycles. The molecule has 0 aliphatic rings. The highest BCUT2D eigenvalue weighted by molar-refractivity contribution is 6.14. The molecule has 0 saturated heterocycles. The number of aromatic nitrogens is 1. The Kier molecular flexibility index (Phi) is 5.26. The zero-order valence-corrected chi connectivity index (χ0v) is 15.9. The lowest BCUT2D eigenvalue weighted by Crippen LogP contribution is -2.14. The minimum absolute atomic E-state index is 0.106. The fraction of sp³-hybridized carbons (Fsp3) is 0.0435. The van der Waals surface area contributed by atoms with Gasteiger partial charge in [0.25, 0.3) is 5.91 Å². The summed E-state index contributed by atoms with van der Waals surface area (Å²) in [7, 11) is 1.60. The lowest BCUT2D eigenvalue weighted by molar-refractivity contribution is 0.102. The number of amides is 1. The van der Waals surface area contributed by atoms with Crippen molar-refractivity contribution in [2.45, 2.75) is 0 Å². The van der Waals surface area contributed by atoms with Crippen LogP contribution in [-0.4, -0.2) is 18.0 Å². The number of nitrogens with zero attached hydrogens (tertiary/aromatic N) is 1. The fourth-order valence-corrected chi connectivity index (χ4v) is 3.06. The number of fused-ring (bicyclic) bond motifs is 1. The molecular formula is C23H17F2N3O2. The Morgan fingerprint density at radius 1 is 0.967 bits per heavy atom. The summed E-state index contributed by atoms with van der Waals surface area (Å²) >= 11 is 0. The van der Waals surface area contributed by atoms with Crippen molar-refractivity contribution in [1.82, 2.24) is 4.98 Å². The maximum absolute atomic E-state index is 13.9. The number of anilines is 3. The van der Waals surface area contributed by atoms with Gasteiger partial charge in [0.1, 0.15) is 23.2 Å². The Bertz CT molecular complexity index is 1230. The van der Waals surface area contributed by atoms with Gasteiger partial charge in [-0.2, -0.15) is 0 Å². The predicted octanol–water partition coefficient (Wildman–Crippen LogP) is 5.52. The van der Waals surface area contributed by atoms with Crippen molar-refractivity contribution < 1.29 is 18.3 Å². The molecule has 0 spiro atoms. The molecule has 0 saturated carbocycles. The number of halogens is 2. The highest BCUT2D eigenvalue weighted by Crippen LogP contribution is 2.28. The molecule has 0 radical (unpaired) electrons. The molecule has 1 heterocycles. The Morgan fingerprint density at radius 2 is 1.70 bits per heavy atom. The van der Waals surface area contributed by atoms with E-state index in [0.717, 1.165) is 22.9 Å². The van der Waals surface area contributed by atoms with Gasteiger partial charge in [-0.25, -0.2) is 13.8 Å². The van der Waals surface area contributed by atoms with Crippen LogP contribution in [0.25, 0.3) is 10.8 Å². The number of hydrogen-bond acceptors (Lipinski definition) is 4. The summed E-state index contributed by atoms with van der Waals surface area (Å²) in [6.07, 6.45) is 1.42. The van der Waals surface area contributed by atoms with Crippen LogP contribution in [0.4, 0.5) is 26.0 Å². The highest BCUT2D eigenvalue weighted by Gasteiger charge is 2.15. The van der Waals surface area contributed by atoms with Crippen LogP contribution in [0.3, 0.4) is 0 Å². The van der Waals surface area contributed by atoms with E-state index < -0.39 is 17.5 Å². The van der Waals surface area contributed by atoms with Gasteiger partial charge in [-0.15, -0.1) is 0 Å². The molecule has 150 valence electrons. The van der Waals surface area contributed by atoms with Gasteiger partial charge in [0.05, 0.1) is 18.4 Å². The van der Waals surface area contributed by atoms with Crippen molar-refractivity contribution in [2.24, 2.45) is 0 Å². The molecule has 5 nitrogen and oxygen atoms in total.